The summed E-state index contributed by atoms with van der Waals surface area (Å²) < 4.78 is 20.8. The molecular weight excluding hydrogens is 491 g/mol. The minimum atomic E-state index is -0.354. The number of aromatic nitrogens is 2. The first kappa shape index (κ1) is 25.9. The molecule has 0 bridgehead atoms. The Kier molecular flexibility index (Phi) is 8.13. The van der Waals surface area contributed by atoms with Crippen molar-refractivity contribution in [2.75, 3.05) is 0 Å². The Morgan fingerprint density at radius 2 is 1.74 bits per heavy atom. The van der Waals surface area contributed by atoms with Crippen molar-refractivity contribution in [1.82, 2.24) is 15.1 Å². The lowest BCUT2D eigenvalue weighted by Crippen LogP contribution is -2.36. The molecule has 1 aromatic heterocycles. The maximum atomic E-state index is 13.2. The first-order valence-electron chi connectivity index (χ1n) is 13.1. The van der Waals surface area contributed by atoms with Crippen molar-refractivity contribution < 1.29 is 13.9 Å². The van der Waals surface area contributed by atoms with E-state index in [1.165, 1.54) is 18.6 Å². The van der Waals surface area contributed by atoms with Crippen LogP contribution in [-0.4, -0.2) is 21.7 Å². The molecule has 7 heteroatoms. The molecule has 4 aromatic rings. The lowest BCUT2D eigenvalue weighted by molar-refractivity contribution is -0.117. The summed E-state index contributed by atoms with van der Waals surface area (Å²) in [7, 11) is 0. The van der Waals surface area contributed by atoms with Crippen LogP contribution in [-0.2, 0) is 11.4 Å². The zero-order valence-electron chi connectivity index (χ0n) is 21.5. The lowest BCUT2D eigenvalue weighted by atomic mass is 9.95. The molecule has 1 heterocycles. The van der Waals surface area contributed by atoms with Crippen LogP contribution in [0, 0.1) is 17.1 Å². The van der Waals surface area contributed by atoms with Gasteiger partial charge >= 0.3 is 0 Å². The van der Waals surface area contributed by atoms with Crippen molar-refractivity contribution in [3.05, 3.63) is 108 Å². The number of benzene rings is 3. The third-order valence-corrected chi connectivity index (χ3v) is 6.82. The molecule has 0 atom stereocenters. The molecule has 0 saturated heterocycles. The fraction of sp³-hybridized carbons (Fsp3) is 0.219. The van der Waals surface area contributed by atoms with Gasteiger partial charge in [0, 0.05) is 23.4 Å². The summed E-state index contributed by atoms with van der Waals surface area (Å²) in [6.07, 6.45) is 8.69. The highest BCUT2D eigenvalue weighted by Crippen LogP contribution is 2.28. The molecule has 0 unspecified atom stereocenters. The summed E-state index contributed by atoms with van der Waals surface area (Å²) in [5.41, 5.74) is 3.90. The maximum absolute atomic E-state index is 13.2. The van der Waals surface area contributed by atoms with Crippen LogP contribution in [0.5, 0.6) is 5.75 Å². The smallest absolute Gasteiger partial charge is 0.262 e. The largest absolute Gasteiger partial charge is 0.489 e. The average molecular weight is 521 g/mol. The summed E-state index contributed by atoms with van der Waals surface area (Å²) in [5, 5.41) is 17.7. The summed E-state index contributed by atoms with van der Waals surface area (Å²) in [6.45, 7) is 0.317. The maximum Gasteiger partial charge on any atom is 0.262 e. The van der Waals surface area contributed by atoms with E-state index in [4.69, 9.17) is 9.84 Å². The molecule has 6 nitrogen and oxygen atoms in total. The van der Waals surface area contributed by atoms with Gasteiger partial charge in [0.1, 0.15) is 29.8 Å². The van der Waals surface area contributed by atoms with Crippen LogP contribution >= 0.6 is 0 Å². The van der Waals surface area contributed by atoms with E-state index in [1.807, 2.05) is 60.8 Å². The van der Waals surface area contributed by atoms with Gasteiger partial charge < -0.3 is 10.1 Å². The predicted octanol–water partition coefficient (Wildman–Crippen LogP) is 6.61. The molecule has 1 fully saturated rings. The molecule has 5 rings (SSSR count). The number of nitrogens with one attached hydrogen (secondary N) is 1. The van der Waals surface area contributed by atoms with Gasteiger partial charge in [0.25, 0.3) is 5.91 Å². The van der Waals surface area contributed by atoms with E-state index < -0.39 is 0 Å². The van der Waals surface area contributed by atoms with Gasteiger partial charge in [-0.25, -0.2) is 9.07 Å². The Balaban J connectivity index is 1.41. The van der Waals surface area contributed by atoms with E-state index >= 15 is 0 Å². The van der Waals surface area contributed by atoms with Gasteiger partial charge in [0.15, 0.2) is 0 Å². The Labute approximate surface area is 227 Å². The summed E-state index contributed by atoms with van der Waals surface area (Å²) in [5.74, 6) is 0.0218. The fourth-order valence-corrected chi connectivity index (χ4v) is 4.70. The zero-order valence-corrected chi connectivity index (χ0v) is 21.5. The number of hydrogen-bond acceptors (Lipinski definition) is 4. The van der Waals surface area contributed by atoms with Gasteiger partial charge in [-0.2, -0.15) is 10.4 Å². The first-order valence-corrected chi connectivity index (χ1v) is 13.1. The molecule has 0 aliphatic heterocycles. The highest BCUT2D eigenvalue weighted by atomic mass is 19.1. The SMILES string of the molecule is N#C/C(=C\c1cn(-c2ccccc2)nc1-c1ccc(OCc2ccc(F)cc2)cc1)C(=O)NC1CCCCC1. The molecule has 1 aliphatic rings. The summed E-state index contributed by atoms with van der Waals surface area (Å²) in [6, 6.07) is 25.5. The van der Waals surface area contributed by atoms with Gasteiger partial charge in [-0.1, -0.05) is 49.6 Å². The minimum Gasteiger partial charge on any atom is -0.489 e. The van der Waals surface area contributed by atoms with Crippen LogP contribution in [0.3, 0.4) is 0 Å². The highest BCUT2D eigenvalue weighted by Gasteiger charge is 2.20. The van der Waals surface area contributed by atoms with Crippen molar-refractivity contribution in [1.29, 1.82) is 5.26 Å². The number of carbonyl (C=O) groups excluding carboxylic acids is 1. The molecule has 196 valence electrons. The van der Waals surface area contributed by atoms with Crippen molar-refractivity contribution in [3.63, 3.8) is 0 Å². The number of ether oxygens (including phenoxy) is 1. The monoisotopic (exact) mass is 520 g/mol. The zero-order chi connectivity index (χ0) is 27.0. The Bertz CT molecular complexity index is 1480. The van der Waals surface area contributed by atoms with E-state index in [-0.39, 0.29) is 23.3 Å². The molecule has 0 spiro atoms. The topological polar surface area (TPSA) is 79.9 Å². The predicted molar refractivity (Wildman–Crippen MR) is 148 cm³/mol. The molecule has 0 radical (unpaired) electrons. The van der Waals surface area contributed by atoms with Crippen LogP contribution < -0.4 is 10.1 Å². The fourth-order valence-electron chi connectivity index (χ4n) is 4.70. The molecule has 1 aliphatic carbocycles. The van der Waals surface area contributed by atoms with Crippen LogP contribution in [0.1, 0.15) is 43.2 Å². The van der Waals surface area contributed by atoms with Gasteiger partial charge in [0.2, 0.25) is 0 Å². The number of rotatable bonds is 8. The number of halogens is 1. The summed E-state index contributed by atoms with van der Waals surface area (Å²) >= 11 is 0. The van der Waals surface area contributed by atoms with E-state index in [1.54, 1.807) is 22.9 Å². The van der Waals surface area contributed by atoms with E-state index in [0.717, 1.165) is 42.5 Å². The number of nitrogens with zero attached hydrogens (tertiary/aromatic N) is 3. The van der Waals surface area contributed by atoms with Crippen LogP contribution in [0.15, 0.2) is 90.6 Å². The van der Waals surface area contributed by atoms with Gasteiger partial charge in [-0.15, -0.1) is 0 Å². The van der Waals surface area contributed by atoms with Crippen molar-refractivity contribution in [2.45, 2.75) is 44.8 Å². The number of nitriles is 1. The molecule has 1 N–H and O–H groups in total. The number of carbonyl (C=O) groups is 1. The van der Waals surface area contributed by atoms with Crippen molar-refractivity contribution in [3.8, 4) is 28.8 Å². The second-order valence-electron chi connectivity index (χ2n) is 9.63. The van der Waals surface area contributed by atoms with Gasteiger partial charge in [-0.3, -0.25) is 4.79 Å². The minimum absolute atomic E-state index is 0.0497. The van der Waals surface area contributed by atoms with Gasteiger partial charge in [-0.05, 0) is 73.0 Å². The quantitative estimate of drug-likeness (QED) is 0.209. The second kappa shape index (κ2) is 12.2. The molecule has 1 amide bonds. The molecule has 39 heavy (non-hydrogen) atoms. The van der Waals surface area contributed by atoms with Crippen LogP contribution in [0.25, 0.3) is 23.0 Å². The second-order valence-corrected chi connectivity index (χ2v) is 9.63. The summed E-state index contributed by atoms with van der Waals surface area (Å²) in [4.78, 5) is 13.0. The lowest BCUT2D eigenvalue weighted by Gasteiger charge is -2.22. The van der Waals surface area contributed by atoms with E-state index in [0.29, 0.717) is 23.6 Å². The number of para-hydroxylation sites is 1. The highest BCUT2D eigenvalue weighted by molar-refractivity contribution is 6.02. The van der Waals surface area contributed by atoms with Crippen LogP contribution in [0.2, 0.25) is 0 Å². The van der Waals surface area contributed by atoms with Gasteiger partial charge in [0.05, 0.1) is 11.4 Å². The molecule has 1 saturated carbocycles. The van der Waals surface area contributed by atoms with Crippen molar-refractivity contribution in [2.24, 2.45) is 0 Å². The number of amides is 1. The Morgan fingerprint density at radius 3 is 2.44 bits per heavy atom. The average Bonchev–Trinajstić information content (AvgIpc) is 3.40. The number of hydrogen-bond donors (Lipinski definition) is 1. The normalized spacial score (nSPS) is 14.0. The van der Waals surface area contributed by atoms with E-state index in [2.05, 4.69) is 11.4 Å². The standard InChI is InChI=1S/C32H29FN4O2/c33-27-15-11-23(12-16-27)22-39-30-17-13-24(14-18-30)31-26(21-37(36-31)29-9-5-2-6-10-29)19-25(20-34)32(38)35-28-7-3-1-4-8-28/h2,5-6,9-19,21,28H,1,3-4,7-8,22H2,(H,35,38)/b25-19+. The molecular formula is C32H29FN4O2. The van der Waals surface area contributed by atoms with Crippen LogP contribution in [0.4, 0.5) is 4.39 Å². The Hall–Kier alpha value is -4.70. The third kappa shape index (κ3) is 6.60. The van der Waals surface area contributed by atoms with Crippen molar-refractivity contribution >= 4 is 12.0 Å². The molecule has 3 aromatic carbocycles. The Morgan fingerprint density at radius 1 is 1.03 bits per heavy atom. The van der Waals surface area contributed by atoms with E-state index in [9.17, 15) is 14.4 Å². The first-order chi connectivity index (χ1) is 19.1. The third-order valence-electron chi connectivity index (χ3n) is 6.82.